The number of carbonyl (C=O) groups is 1. The lowest BCUT2D eigenvalue weighted by atomic mass is 10.1. The Labute approximate surface area is 177 Å². The number of piperazine rings is 1. The molecule has 0 radical (unpaired) electrons. The van der Waals surface area contributed by atoms with Crippen LogP contribution in [-0.2, 0) is 14.8 Å². The molecule has 0 bridgehead atoms. The van der Waals surface area contributed by atoms with Crippen LogP contribution in [0, 0.1) is 13.8 Å². The molecule has 0 atom stereocenters. The second kappa shape index (κ2) is 9.01. The van der Waals surface area contributed by atoms with Crippen LogP contribution in [-0.4, -0.2) is 61.0 Å². The first-order valence-electron chi connectivity index (χ1n) is 9.82. The Morgan fingerprint density at radius 3 is 2.30 bits per heavy atom. The summed E-state index contributed by atoms with van der Waals surface area (Å²) in [6.45, 7) is 8.33. The molecule has 162 valence electrons. The standard InChI is InChI=1S/C21H27N3O5S/c1-15(2)28-21(25)23-7-9-24(10-8-23)30(26,27)20-14-22-6-5-19(20)29-18-12-16(3)11-17(4)13-18/h5-6,11-15H,7-10H2,1-4H3. The highest BCUT2D eigenvalue weighted by Crippen LogP contribution is 2.31. The van der Waals surface area contributed by atoms with Crippen molar-refractivity contribution in [2.24, 2.45) is 0 Å². The fraction of sp³-hybridized carbons (Fsp3) is 0.429. The van der Waals surface area contributed by atoms with Crippen molar-refractivity contribution in [2.75, 3.05) is 26.2 Å². The second-order valence-corrected chi connectivity index (χ2v) is 9.48. The average Bonchev–Trinajstić information content (AvgIpc) is 2.67. The molecule has 9 heteroatoms. The van der Waals surface area contributed by atoms with E-state index in [0.717, 1.165) is 11.1 Å². The largest absolute Gasteiger partial charge is 0.456 e. The second-order valence-electron chi connectivity index (χ2n) is 7.57. The first kappa shape index (κ1) is 22.0. The predicted molar refractivity (Wildman–Crippen MR) is 112 cm³/mol. The summed E-state index contributed by atoms with van der Waals surface area (Å²) in [7, 11) is -3.84. The minimum absolute atomic E-state index is 0.00219. The molecule has 30 heavy (non-hydrogen) atoms. The van der Waals surface area contributed by atoms with Crippen LogP contribution < -0.4 is 4.74 Å². The minimum atomic E-state index is -3.84. The number of carbonyl (C=O) groups excluding carboxylic acids is 1. The van der Waals surface area contributed by atoms with E-state index in [2.05, 4.69) is 4.98 Å². The number of ether oxygens (including phenoxy) is 2. The van der Waals surface area contributed by atoms with Crippen molar-refractivity contribution >= 4 is 16.1 Å². The van der Waals surface area contributed by atoms with Gasteiger partial charge >= 0.3 is 6.09 Å². The smallest absolute Gasteiger partial charge is 0.410 e. The normalized spacial score (nSPS) is 15.3. The molecule has 0 aliphatic carbocycles. The van der Waals surface area contributed by atoms with Crippen LogP contribution >= 0.6 is 0 Å². The highest BCUT2D eigenvalue weighted by atomic mass is 32.2. The molecule has 1 aliphatic rings. The van der Waals surface area contributed by atoms with Crippen LogP contribution in [0.4, 0.5) is 4.79 Å². The van der Waals surface area contributed by atoms with Crippen LogP contribution in [0.1, 0.15) is 25.0 Å². The fourth-order valence-electron chi connectivity index (χ4n) is 3.29. The molecule has 1 saturated heterocycles. The molecule has 1 aliphatic heterocycles. The molecule has 0 unspecified atom stereocenters. The van der Waals surface area contributed by atoms with E-state index >= 15 is 0 Å². The summed E-state index contributed by atoms with van der Waals surface area (Å²) in [5.41, 5.74) is 2.04. The zero-order valence-corrected chi connectivity index (χ0v) is 18.5. The van der Waals surface area contributed by atoms with Gasteiger partial charge in [-0.15, -0.1) is 0 Å². The van der Waals surface area contributed by atoms with Crippen LogP contribution in [0.25, 0.3) is 0 Å². The van der Waals surface area contributed by atoms with E-state index in [1.807, 2.05) is 32.0 Å². The van der Waals surface area contributed by atoms with Gasteiger partial charge in [0.15, 0.2) is 5.75 Å². The Morgan fingerprint density at radius 2 is 1.70 bits per heavy atom. The van der Waals surface area contributed by atoms with E-state index in [0.29, 0.717) is 5.75 Å². The topological polar surface area (TPSA) is 89.0 Å². The number of aromatic nitrogens is 1. The number of sulfonamides is 1. The van der Waals surface area contributed by atoms with Crippen LogP contribution in [0.3, 0.4) is 0 Å². The van der Waals surface area contributed by atoms with Gasteiger partial charge < -0.3 is 14.4 Å². The third kappa shape index (κ3) is 5.09. The molecule has 0 saturated carbocycles. The molecule has 1 amide bonds. The van der Waals surface area contributed by atoms with E-state index in [9.17, 15) is 13.2 Å². The summed E-state index contributed by atoms with van der Waals surface area (Å²) in [5.74, 6) is 0.785. The summed E-state index contributed by atoms with van der Waals surface area (Å²) in [5, 5.41) is 0. The van der Waals surface area contributed by atoms with E-state index in [-0.39, 0.29) is 42.9 Å². The van der Waals surface area contributed by atoms with Crippen molar-refractivity contribution in [1.82, 2.24) is 14.2 Å². The zero-order valence-electron chi connectivity index (χ0n) is 17.7. The highest BCUT2D eigenvalue weighted by molar-refractivity contribution is 7.89. The van der Waals surface area contributed by atoms with Gasteiger partial charge in [-0.3, -0.25) is 4.98 Å². The first-order chi connectivity index (χ1) is 14.2. The summed E-state index contributed by atoms with van der Waals surface area (Å²) >= 11 is 0. The average molecular weight is 434 g/mol. The Balaban J connectivity index is 1.78. The van der Waals surface area contributed by atoms with Crippen LogP contribution in [0.15, 0.2) is 41.6 Å². The quantitative estimate of drug-likeness (QED) is 0.719. The lowest BCUT2D eigenvalue weighted by Crippen LogP contribution is -2.50. The molecule has 3 rings (SSSR count). The number of nitrogens with zero attached hydrogens (tertiary/aromatic N) is 3. The van der Waals surface area contributed by atoms with Crippen LogP contribution in [0.5, 0.6) is 11.5 Å². The maximum atomic E-state index is 13.3. The number of hydrogen-bond acceptors (Lipinski definition) is 6. The number of hydrogen-bond donors (Lipinski definition) is 0. The molecule has 8 nitrogen and oxygen atoms in total. The Kier molecular flexibility index (Phi) is 6.62. The lowest BCUT2D eigenvalue weighted by molar-refractivity contribution is 0.0666. The van der Waals surface area contributed by atoms with Crippen molar-refractivity contribution < 1.29 is 22.7 Å². The predicted octanol–water partition coefficient (Wildman–Crippen LogP) is 3.34. The molecule has 0 N–H and O–H groups in total. The highest BCUT2D eigenvalue weighted by Gasteiger charge is 2.33. The van der Waals surface area contributed by atoms with Gasteiger partial charge in [-0.2, -0.15) is 4.31 Å². The maximum Gasteiger partial charge on any atom is 0.410 e. The van der Waals surface area contributed by atoms with Crippen molar-refractivity contribution in [1.29, 1.82) is 0 Å². The fourth-order valence-corrected chi connectivity index (χ4v) is 4.77. The van der Waals surface area contributed by atoms with E-state index < -0.39 is 16.1 Å². The van der Waals surface area contributed by atoms with Crippen molar-refractivity contribution in [3.63, 3.8) is 0 Å². The van der Waals surface area contributed by atoms with Gasteiger partial charge in [-0.1, -0.05) is 6.07 Å². The SMILES string of the molecule is Cc1cc(C)cc(Oc2ccncc2S(=O)(=O)N2CCN(C(=O)OC(C)C)CC2)c1. The summed E-state index contributed by atoms with van der Waals surface area (Å²) in [6, 6.07) is 7.26. The van der Waals surface area contributed by atoms with Gasteiger partial charge in [0.05, 0.1) is 12.3 Å². The lowest BCUT2D eigenvalue weighted by Gasteiger charge is -2.33. The molecule has 2 aromatic rings. The van der Waals surface area contributed by atoms with Crippen molar-refractivity contribution in [3.8, 4) is 11.5 Å². The van der Waals surface area contributed by atoms with E-state index in [1.165, 1.54) is 21.6 Å². The third-order valence-electron chi connectivity index (χ3n) is 4.62. The van der Waals surface area contributed by atoms with Gasteiger partial charge in [0.1, 0.15) is 10.6 Å². The van der Waals surface area contributed by atoms with E-state index in [4.69, 9.17) is 9.47 Å². The van der Waals surface area contributed by atoms with Gasteiger partial charge in [0.25, 0.3) is 0 Å². The summed E-state index contributed by atoms with van der Waals surface area (Å²) < 4.78 is 39.0. The Hall–Kier alpha value is -2.65. The molecule has 0 spiro atoms. The Morgan fingerprint density at radius 1 is 1.07 bits per heavy atom. The van der Waals surface area contributed by atoms with Gasteiger partial charge in [0.2, 0.25) is 10.0 Å². The number of aryl methyl sites for hydroxylation is 2. The number of benzene rings is 1. The van der Waals surface area contributed by atoms with E-state index in [1.54, 1.807) is 19.9 Å². The molecule has 2 heterocycles. The molecule has 1 aromatic carbocycles. The zero-order chi connectivity index (χ0) is 21.9. The molecular weight excluding hydrogens is 406 g/mol. The molecular formula is C21H27N3O5S. The van der Waals surface area contributed by atoms with Crippen molar-refractivity contribution in [2.45, 2.75) is 38.7 Å². The number of amides is 1. The number of pyridine rings is 1. The maximum absolute atomic E-state index is 13.3. The minimum Gasteiger partial charge on any atom is -0.456 e. The molecule has 1 fully saturated rings. The van der Waals surface area contributed by atoms with Crippen molar-refractivity contribution in [3.05, 3.63) is 47.8 Å². The summed E-state index contributed by atoms with van der Waals surface area (Å²) in [4.78, 5) is 17.6. The number of rotatable bonds is 5. The Bertz CT molecular complexity index is 995. The first-order valence-corrected chi connectivity index (χ1v) is 11.3. The third-order valence-corrected chi connectivity index (χ3v) is 6.53. The summed E-state index contributed by atoms with van der Waals surface area (Å²) in [6.07, 6.45) is 2.14. The molecule has 1 aromatic heterocycles. The van der Waals surface area contributed by atoms with Gasteiger partial charge in [-0.05, 0) is 51.0 Å². The monoisotopic (exact) mass is 433 g/mol. The van der Waals surface area contributed by atoms with Crippen LogP contribution in [0.2, 0.25) is 0 Å². The van der Waals surface area contributed by atoms with Gasteiger partial charge in [0, 0.05) is 38.4 Å². The van der Waals surface area contributed by atoms with Gasteiger partial charge in [-0.25, -0.2) is 13.2 Å².